The normalized spacial score (nSPS) is 20.8. The van der Waals surface area contributed by atoms with Gasteiger partial charge in [0.05, 0.1) is 12.9 Å². The molecule has 0 aromatic heterocycles. The molecule has 0 aliphatic carbocycles. The number of rotatable bonds is 6. The predicted octanol–water partition coefficient (Wildman–Crippen LogP) is 2.02. The molecule has 0 saturated carbocycles. The molecule has 2 rings (SSSR count). The van der Waals surface area contributed by atoms with Crippen molar-refractivity contribution < 1.29 is 12.6 Å². The summed E-state index contributed by atoms with van der Waals surface area (Å²) in [6.45, 7) is 2.30. The molecular formula is C14H21NO3S. The molecule has 19 heavy (non-hydrogen) atoms. The summed E-state index contributed by atoms with van der Waals surface area (Å²) in [6, 6.07) is 10.8. The lowest BCUT2D eigenvalue weighted by Crippen LogP contribution is -2.30. The van der Waals surface area contributed by atoms with Crippen LogP contribution in [-0.4, -0.2) is 38.8 Å². The fourth-order valence-electron chi connectivity index (χ4n) is 2.58. The van der Waals surface area contributed by atoms with Gasteiger partial charge in [0.15, 0.2) is 0 Å². The highest BCUT2D eigenvalue weighted by molar-refractivity contribution is 7.85. The van der Waals surface area contributed by atoms with Gasteiger partial charge in [-0.3, -0.25) is 9.08 Å². The van der Waals surface area contributed by atoms with Gasteiger partial charge in [0.1, 0.15) is 0 Å². The molecule has 1 aliphatic rings. The second-order valence-corrected chi connectivity index (χ2v) is 6.71. The number of nitrogens with zero attached hydrogens (tertiary/aromatic N) is 1. The Morgan fingerprint density at radius 1 is 1.32 bits per heavy atom. The topological polar surface area (TPSA) is 46.6 Å². The molecule has 106 valence electrons. The van der Waals surface area contributed by atoms with Crippen molar-refractivity contribution >= 4 is 10.1 Å². The number of hydrogen-bond acceptors (Lipinski definition) is 4. The molecule has 5 heteroatoms. The summed E-state index contributed by atoms with van der Waals surface area (Å²) in [5, 5.41) is 0. The van der Waals surface area contributed by atoms with Crippen LogP contribution in [0, 0.1) is 0 Å². The van der Waals surface area contributed by atoms with Crippen LogP contribution in [0.5, 0.6) is 0 Å². The van der Waals surface area contributed by atoms with E-state index in [2.05, 4.69) is 17.0 Å². The third-order valence-corrected chi connectivity index (χ3v) is 4.07. The van der Waals surface area contributed by atoms with Gasteiger partial charge in [-0.2, -0.15) is 8.42 Å². The minimum atomic E-state index is -3.31. The molecule has 1 aliphatic heterocycles. The van der Waals surface area contributed by atoms with Crippen LogP contribution in [-0.2, 0) is 20.8 Å². The van der Waals surface area contributed by atoms with Crippen LogP contribution in [0.3, 0.4) is 0 Å². The Hall–Kier alpha value is -0.910. The zero-order valence-electron chi connectivity index (χ0n) is 11.3. The highest BCUT2D eigenvalue weighted by Crippen LogP contribution is 2.22. The third-order valence-electron chi connectivity index (χ3n) is 3.48. The van der Waals surface area contributed by atoms with Gasteiger partial charge in [0.25, 0.3) is 10.1 Å². The van der Waals surface area contributed by atoms with Crippen LogP contribution in [0.25, 0.3) is 0 Å². The quantitative estimate of drug-likeness (QED) is 0.749. The number of benzene rings is 1. The fraction of sp³-hybridized carbons (Fsp3) is 0.571. The highest BCUT2D eigenvalue weighted by atomic mass is 32.2. The SMILES string of the molecule is CS(=O)(=O)OCCC1CCCN1Cc1ccccc1. The minimum Gasteiger partial charge on any atom is -0.296 e. The zero-order valence-corrected chi connectivity index (χ0v) is 12.1. The van der Waals surface area contributed by atoms with Crippen molar-refractivity contribution in [2.45, 2.75) is 31.8 Å². The Kier molecular flexibility index (Phi) is 4.96. The molecule has 1 fully saturated rings. The number of hydrogen-bond donors (Lipinski definition) is 0. The van der Waals surface area contributed by atoms with Gasteiger partial charge in [0.2, 0.25) is 0 Å². The summed E-state index contributed by atoms with van der Waals surface area (Å²) >= 11 is 0. The standard InChI is InChI=1S/C14H21NO3S/c1-19(16,17)18-11-9-14-8-5-10-15(14)12-13-6-3-2-4-7-13/h2-4,6-7,14H,5,8-12H2,1H3. The first-order valence-electron chi connectivity index (χ1n) is 6.67. The van der Waals surface area contributed by atoms with E-state index in [9.17, 15) is 8.42 Å². The van der Waals surface area contributed by atoms with Crippen LogP contribution >= 0.6 is 0 Å². The first-order valence-corrected chi connectivity index (χ1v) is 8.48. The molecule has 1 unspecified atom stereocenters. The Morgan fingerprint density at radius 3 is 2.74 bits per heavy atom. The lowest BCUT2D eigenvalue weighted by atomic mass is 10.1. The molecular weight excluding hydrogens is 262 g/mol. The first kappa shape index (κ1) is 14.5. The Labute approximate surface area is 115 Å². The third kappa shape index (κ3) is 4.93. The van der Waals surface area contributed by atoms with E-state index in [1.54, 1.807) is 0 Å². The average molecular weight is 283 g/mol. The van der Waals surface area contributed by atoms with E-state index < -0.39 is 10.1 Å². The van der Waals surface area contributed by atoms with Crippen molar-refractivity contribution in [1.82, 2.24) is 4.90 Å². The fourth-order valence-corrected chi connectivity index (χ4v) is 2.98. The average Bonchev–Trinajstić information content (AvgIpc) is 2.76. The Morgan fingerprint density at radius 2 is 2.05 bits per heavy atom. The lowest BCUT2D eigenvalue weighted by molar-refractivity contribution is 0.201. The van der Waals surface area contributed by atoms with Gasteiger partial charge in [0, 0.05) is 12.6 Å². The maximum Gasteiger partial charge on any atom is 0.264 e. The van der Waals surface area contributed by atoms with Crippen molar-refractivity contribution in [2.24, 2.45) is 0 Å². The number of likely N-dealkylation sites (tertiary alicyclic amines) is 1. The zero-order chi connectivity index (χ0) is 13.7. The van der Waals surface area contributed by atoms with Gasteiger partial charge in [-0.05, 0) is 31.4 Å². The Balaban J connectivity index is 1.83. The molecule has 1 saturated heterocycles. The van der Waals surface area contributed by atoms with Crippen LogP contribution in [0.15, 0.2) is 30.3 Å². The molecule has 4 nitrogen and oxygen atoms in total. The van der Waals surface area contributed by atoms with E-state index >= 15 is 0 Å². The molecule has 0 spiro atoms. The van der Waals surface area contributed by atoms with Gasteiger partial charge in [-0.15, -0.1) is 0 Å². The van der Waals surface area contributed by atoms with Gasteiger partial charge >= 0.3 is 0 Å². The van der Waals surface area contributed by atoms with E-state index in [0.29, 0.717) is 6.04 Å². The van der Waals surface area contributed by atoms with Crippen LogP contribution in [0.1, 0.15) is 24.8 Å². The highest BCUT2D eigenvalue weighted by Gasteiger charge is 2.24. The summed E-state index contributed by atoms with van der Waals surface area (Å²) in [5.74, 6) is 0. The second-order valence-electron chi connectivity index (χ2n) is 5.07. The first-order chi connectivity index (χ1) is 9.04. The molecule has 1 aromatic carbocycles. The van der Waals surface area contributed by atoms with E-state index in [-0.39, 0.29) is 6.61 Å². The monoisotopic (exact) mass is 283 g/mol. The summed E-state index contributed by atoms with van der Waals surface area (Å²) in [5.41, 5.74) is 1.30. The summed E-state index contributed by atoms with van der Waals surface area (Å²) in [4.78, 5) is 2.42. The second kappa shape index (κ2) is 6.50. The smallest absolute Gasteiger partial charge is 0.264 e. The van der Waals surface area contributed by atoms with E-state index in [4.69, 9.17) is 4.18 Å². The van der Waals surface area contributed by atoms with Crippen LogP contribution in [0.2, 0.25) is 0 Å². The summed E-state index contributed by atoms with van der Waals surface area (Å²) in [7, 11) is -3.31. The van der Waals surface area contributed by atoms with Crippen molar-refractivity contribution in [2.75, 3.05) is 19.4 Å². The molecule has 1 atom stereocenters. The molecule has 1 aromatic rings. The lowest BCUT2D eigenvalue weighted by Gasteiger charge is -2.24. The Bertz CT molecular complexity index is 487. The van der Waals surface area contributed by atoms with E-state index in [1.807, 2.05) is 18.2 Å². The van der Waals surface area contributed by atoms with Crippen molar-refractivity contribution in [1.29, 1.82) is 0 Å². The van der Waals surface area contributed by atoms with E-state index in [1.165, 1.54) is 12.0 Å². The maximum atomic E-state index is 10.9. The van der Waals surface area contributed by atoms with Crippen molar-refractivity contribution in [3.63, 3.8) is 0 Å². The molecule has 0 N–H and O–H groups in total. The molecule has 0 radical (unpaired) electrons. The molecule has 1 heterocycles. The summed E-state index contributed by atoms with van der Waals surface area (Å²) in [6.07, 6.45) is 4.18. The molecule has 0 bridgehead atoms. The van der Waals surface area contributed by atoms with Crippen LogP contribution < -0.4 is 0 Å². The van der Waals surface area contributed by atoms with Gasteiger partial charge in [-0.1, -0.05) is 30.3 Å². The van der Waals surface area contributed by atoms with Gasteiger partial charge < -0.3 is 0 Å². The molecule has 0 amide bonds. The van der Waals surface area contributed by atoms with E-state index in [0.717, 1.165) is 32.2 Å². The van der Waals surface area contributed by atoms with Crippen LogP contribution in [0.4, 0.5) is 0 Å². The predicted molar refractivity (Wildman–Crippen MR) is 75.3 cm³/mol. The van der Waals surface area contributed by atoms with Crippen molar-refractivity contribution in [3.05, 3.63) is 35.9 Å². The minimum absolute atomic E-state index is 0.286. The summed E-state index contributed by atoms with van der Waals surface area (Å²) < 4.78 is 26.7. The van der Waals surface area contributed by atoms with Gasteiger partial charge in [-0.25, -0.2) is 0 Å². The largest absolute Gasteiger partial charge is 0.296 e. The maximum absolute atomic E-state index is 10.9. The van der Waals surface area contributed by atoms with Crippen molar-refractivity contribution in [3.8, 4) is 0 Å².